The van der Waals surface area contributed by atoms with Crippen LogP contribution in [0.3, 0.4) is 0 Å². The van der Waals surface area contributed by atoms with Crippen LogP contribution in [0.2, 0.25) is 0 Å². The minimum atomic E-state index is -0.366. The van der Waals surface area contributed by atoms with Crippen LogP contribution in [0.5, 0.6) is 0 Å². The zero-order valence-electron chi connectivity index (χ0n) is 17.5. The van der Waals surface area contributed by atoms with Gasteiger partial charge in [-0.2, -0.15) is 0 Å². The van der Waals surface area contributed by atoms with E-state index in [1.165, 1.54) is 32.1 Å². The first-order chi connectivity index (χ1) is 11.7. The lowest BCUT2D eigenvalue weighted by atomic mass is 9.83. The number of hydrogen-bond acceptors (Lipinski definition) is 3. The van der Waals surface area contributed by atoms with Gasteiger partial charge in [0, 0.05) is 18.1 Å². The Morgan fingerprint density at radius 3 is 1.96 bits per heavy atom. The molecular formula is C22H42O3. The van der Waals surface area contributed by atoms with Crippen molar-refractivity contribution in [3.63, 3.8) is 0 Å². The first-order valence-electron chi connectivity index (χ1n) is 10.1. The average Bonchev–Trinajstić information content (AvgIpc) is 2.59. The van der Waals surface area contributed by atoms with Crippen LogP contribution in [-0.2, 0) is 9.53 Å². The van der Waals surface area contributed by atoms with Crippen LogP contribution < -0.4 is 0 Å². The van der Waals surface area contributed by atoms with Gasteiger partial charge in [-0.3, -0.25) is 0 Å². The third-order valence-electron chi connectivity index (χ3n) is 5.69. The Morgan fingerprint density at radius 2 is 1.52 bits per heavy atom. The Morgan fingerprint density at radius 1 is 1.00 bits per heavy atom. The van der Waals surface area contributed by atoms with Crippen molar-refractivity contribution in [3.8, 4) is 0 Å². The van der Waals surface area contributed by atoms with Crippen LogP contribution in [0.1, 0.15) is 80.1 Å². The zero-order valence-corrected chi connectivity index (χ0v) is 17.5. The summed E-state index contributed by atoms with van der Waals surface area (Å²) in [4.78, 5) is 11.5. The van der Waals surface area contributed by atoms with Crippen molar-refractivity contribution >= 4 is 5.97 Å². The molecule has 148 valence electrons. The molecule has 3 heteroatoms. The molecule has 0 aliphatic carbocycles. The van der Waals surface area contributed by atoms with Crippen LogP contribution in [-0.4, -0.2) is 24.3 Å². The van der Waals surface area contributed by atoms with Gasteiger partial charge in [-0.15, -0.1) is 0 Å². The molecule has 0 aliphatic heterocycles. The molecule has 25 heavy (non-hydrogen) atoms. The minimum absolute atomic E-state index is 0.0245. The third kappa shape index (κ3) is 11.4. The summed E-state index contributed by atoms with van der Waals surface area (Å²) in [5.74, 6) is 2.53. The lowest BCUT2D eigenvalue weighted by Crippen LogP contribution is -2.20. The molecule has 5 atom stereocenters. The normalized spacial score (nSPS) is 17.4. The molecule has 1 N–H and O–H groups in total. The van der Waals surface area contributed by atoms with Crippen molar-refractivity contribution in [2.75, 3.05) is 13.2 Å². The lowest BCUT2D eigenvalue weighted by molar-refractivity contribution is -0.140. The van der Waals surface area contributed by atoms with E-state index in [-0.39, 0.29) is 25.1 Å². The van der Waals surface area contributed by atoms with Crippen LogP contribution in [0.15, 0.2) is 12.2 Å². The van der Waals surface area contributed by atoms with E-state index in [0.717, 1.165) is 24.2 Å². The second-order valence-electron chi connectivity index (χ2n) is 8.39. The third-order valence-corrected chi connectivity index (χ3v) is 5.69. The van der Waals surface area contributed by atoms with Gasteiger partial charge in [0.25, 0.3) is 0 Å². The fraction of sp³-hybridized carbons (Fsp3) is 0.864. The fourth-order valence-corrected chi connectivity index (χ4v) is 3.07. The standard InChI is InChI=1S/C22H42O3/c1-8-17(4)9-11-19(6)20(7)12-10-18(5)13-21(14-23)15-25-22(24)16(2)3/h17-21,23H,2,8-15H2,1,3-7H3. The van der Waals surface area contributed by atoms with Gasteiger partial charge in [-0.25, -0.2) is 4.79 Å². The van der Waals surface area contributed by atoms with E-state index in [1.807, 2.05) is 0 Å². The highest BCUT2D eigenvalue weighted by Gasteiger charge is 2.18. The summed E-state index contributed by atoms with van der Waals surface area (Å²) < 4.78 is 5.19. The van der Waals surface area contributed by atoms with Crippen molar-refractivity contribution in [3.05, 3.63) is 12.2 Å². The van der Waals surface area contributed by atoms with Crippen LogP contribution >= 0.6 is 0 Å². The van der Waals surface area contributed by atoms with Crippen LogP contribution in [0.25, 0.3) is 0 Å². The maximum absolute atomic E-state index is 11.5. The number of aliphatic hydroxyl groups is 1. The van der Waals surface area contributed by atoms with Crippen molar-refractivity contribution < 1.29 is 14.6 Å². The van der Waals surface area contributed by atoms with E-state index in [4.69, 9.17) is 4.74 Å². The van der Waals surface area contributed by atoms with Crippen molar-refractivity contribution in [1.29, 1.82) is 0 Å². The number of hydrogen-bond donors (Lipinski definition) is 1. The maximum Gasteiger partial charge on any atom is 0.333 e. The molecule has 3 nitrogen and oxygen atoms in total. The molecule has 0 aromatic rings. The summed E-state index contributed by atoms with van der Waals surface area (Å²) in [6, 6.07) is 0. The molecule has 0 spiro atoms. The van der Waals surface area contributed by atoms with Crippen molar-refractivity contribution in [1.82, 2.24) is 0 Å². The molecule has 0 rings (SSSR count). The topological polar surface area (TPSA) is 46.5 Å². The van der Waals surface area contributed by atoms with Gasteiger partial charge in [0.05, 0.1) is 6.61 Å². The summed E-state index contributed by atoms with van der Waals surface area (Å²) in [6.07, 6.45) is 7.22. The van der Waals surface area contributed by atoms with Crippen LogP contribution in [0.4, 0.5) is 0 Å². The van der Waals surface area contributed by atoms with Crippen LogP contribution in [0, 0.1) is 29.6 Å². The summed E-state index contributed by atoms with van der Waals surface area (Å²) in [5, 5.41) is 9.52. The minimum Gasteiger partial charge on any atom is -0.462 e. The monoisotopic (exact) mass is 354 g/mol. The van der Waals surface area contributed by atoms with E-state index in [2.05, 4.69) is 41.2 Å². The van der Waals surface area contributed by atoms with Gasteiger partial charge in [-0.05, 0) is 37.0 Å². The van der Waals surface area contributed by atoms with E-state index < -0.39 is 0 Å². The predicted molar refractivity (Wildman–Crippen MR) is 106 cm³/mol. The highest BCUT2D eigenvalue weighted by Crippen LogP contribution is 2.27. The Bertz CT molecular complexity index is 377. The Labute approximate surface area is 156 Å². The molecule has 0 amide bonds. The predicted octanol–water partition coefficient (Wildman–Crippen LogP) is 5.62. The number of carbonyl (C=O) groups is 1. The average molecular weight is 355 g/mol. The molecule has 0 aromatic heterocycles. The van der Waals surface area contributed by atoms with E-state index in [0.29, 0.717) is 11.5 Å². The van der Waals surface area contributed by atoms with Crippen molar-refractivity contribution in [2.45, 2.75) is 80.1 Å². The number of esters is 1. The number of carbonyl (C=O) groups excluding carboxylic acids is 1. The molecular weight excluding hydrogens is 312 g/mol. The van der Waals surface area contributed by atoms with Gasteiger partial charge in [-0.1, -0.05) is 73.3 Å². The van der Waals surface area contributed by atoms with E-state index >= 15 is 0 Å². The molecule has 0 bridgehead atoms. The van der Waals surface area contributed by atoms with Gasteiger partial charge < -0.3 is 9.84 Å². The SMILES string of the molecule is C=C(C)C(=O)OCC(CO)CC(C)CCC(C)C(C)CCC(C)CC. The Hall–Kier alpha value is -0.830. The number of ether oxygens (including phenoxy) is 1. The second-order valence-corrected chi connectivity index (χ2v) is 8.39. The number of aliphatic hydroxyl groups excluding tert-OH is 1. The van der Waals surface area contributed by atoms with Gasteiger partial charge in [0.15, 0.2) is 0 Å². The maximum atomic E-state index is 11.5. The van der Waals surface area contributed by atoms with E-state index in [1.54, 1.807) is 6.92 Å². The highest BCUT2D eigenvalue weighted by atomic mass is 16.5. The fourth-order valence-electron chi connectivity index (χ4n) is 3.07. The van der Waals surface area contributed by atoms with Gasteiger partial charge >= 0.3 is 5.97 Å². The number of rotatable bonds is 14. The quantitative estimate of drug-likeness (QED) is 0.325. The van der Waals surface area contributed by atoms with Crippen molar-refractivity contribution in [2.24, 2.45) is 29.6 Å². The molecule has 5 unspecified atom stereocenters. The summed E-state index contributed by atoms with van der Waals surface area (Å²) in [6.45, 7) is 17.2. The van der Waals surface area contributed by atoms with Gasteiger partial charge in [0.2, 0.25) is 0 Å². The highest BCUT2D eigenvalue weighted by molar-refractivity contribution is 5.86. The molecule has 0 aliphatic rings. The molecule has 0 radical (unpaired) electrons. The second kappa shape index (κ2) is 13.4. The zero-order chi connectivity index (χ0) is 19.4. The summed E-state index contributed by atoms with van der Waals surface area (Å²) in [7, 11) is 0. The Balaban J connectivity index is 4.11. The molecule has 0 saturated heterocycles. The first kappa shape index (κ1) is 24.2. The first-order valence-corrected chi connectivity index (χ1v) is 10.1. The lowest BCUT2D eigenvalue weighted by Gasteiger charge is -2.24. The largest absolute Gasteiger partial charge is 0.462 e. The summed E-state index contributed by atoms with van der Waals surface area (Å²) >= 11 is 0. The smallest absolute Gasteiger partial charge is 0.333 e. The molecule has 0 aromatic carbocycles. The Kier molecular flexibility index (Phi) is 12.9. The molecule has 0 saturated carbocycles. The summed E-state index contributed by atoms with van der Waals surface area (Å²) in [5.41, 5.74) is 0.407. The molecule has 0 fully saturated rings. The van der Waals surface area contributed by atoms with Gasteiger partial charge in [0.1, 0.15) is 0 Å². The molecule has 0 heterocycles. The van der Waals surface area contributed by atoms with E-state index in [9.17, 15) is 9.90 Å².